The van der Waals surface area contributed by atoms with Crippen LogP contribution in [-0.4, -0.2) is 27.4 Å². The molecular weight excluding hydrogens is 256 g/mol. The molecule has 0 aliphatic rings. The molecule has 102 valence electrons. The maximum Gasteiger partial charge on any atom is 0.257 e. The van der Waals surface area contributed by atoms with Crippen LogP contribution in [0, 0.1) is 18.3 Å². The highest BCUT2D eigenvalue weighted by Gasteiger charge is 2.15. The van der Waals surface area contributed by atoms with E-state index < -0.39 is 0 Å². The third kappa shape index (κ3) is 2.68. The molecule has 0 atom stereocenters. The molecule has 2 rings (SSSR count). The lowest BCUT2D eigenvalue weighted by Crippen LogP contribution is -2.18. The number of nitrogens with one attached hydrogen (secondary N) is 1. The molecule has 1 aromatic carbocycles. The van der Waals surface area contributed by atoms with Crippen LogP contribution in [0.1, 0.15) is 21.5 Å². The van der Waals surface area contributed by atoms with Gasteiger partial charge in [0.15, 0.2) is 0 Å². The minimum atomic E-state index is -0.306. The standard InChI is InChI=1S/C14H14N4O2/c1-10-4-2-3-5-12(10)14(20)17-13-11(8-15)9-16-18(13)6-7-19/h2-5,9,19H,6-7H2,1H3,(H,17,20). The van der Waals surface area contributed by atoms with Gasteiger partial charge in [0, 0.05) is 5.56 Å². The predicted molar refractivity (Wildman–Crippen MR) is 73.2 cm³/mol. The maximum absolute atomic E-state index is 12.2. The van der Waals surface area contributed by atoms with Gasteiger partial charge in [-0.3, -0.25) is 4.79 Å². The van der Waals surface area contributed by atoms with E-state index in [1.807, 2.05) is 25.1 Å². The van der Waals surface area contributed by atoms with E-state index in [0.29, 0.717) is 11.4 Å². The quantitative estimate of drug-likeness (QED) is 0.876. The minimum Gasteiger partial charge on any atom is -0.394 e. The minimum absolute atomic E-state index is 0.125. The molecule has 1 heterocycles. The van der Waals surface area contributed by atoms with Crippen molar-refractivity contribution in [1.29, 1.82) is 5.26 Å². The van der Waals surface area contributed by atoms with E-state index in [9.17, 15) is 4.79 Å². The Balaban J connectivity index is 2.30. The second-order valence-corrected chi connectivity index (χ2v) is 4.23. The summed E-state index contributed by atoms with van der Waals surface area (Å²) < 4.78 is 1.40. The largest absolute Gasteiger partial charge is 0.394 e. The molecule has 2 N–H and O–H groups in total. The predicted octanol–water partition coefficient (Wildman–Crippen LogP) is 1.31. The molecule has 0 saturated heterocycles. The van der Waals surface area contributed by atoms with Crippen LogP contribution in [-0.2, 0) is 6.54 Å². The molecule has 1 amide bonds. The zero-order valence-electron chi connectivity index (χ0n) is 11.0. The summed E-state index contributed by atoms with van der Waals surface area (Å²) in [6, 6.07) is 9.14. The molecule has 2 aromatic rings. The first kappa shape index (κ1) is 13.8. The van der Waals surface area contributed by atoms with E-state index in [1.165, 1.54) is 10.9 Å². The number of nitriles is 1. The summed E-state index contributed by atoms with van der Waals surface area (Å²) in [6.07, 6.45) is 1.36. The average molecular weight is 270 g/mol. The summed E-state index contributed by atoms with van der Waals surface area (Å²) in [7, 11) is 0. The summed E-state index contributed by atoms with van der Waals surface area (Å²) in [6.45, 7) is 1.93. The topological polar surface area (TPSA) is 90.9 Å². The third-order valence-electron chi connectivity index (χ3n) is 2.89. The van der Waals surface area contributed by atoms with Crippen LogP contribution in [0.3, 0.4) is 0 Å². The number of nitrogens with zero attached hydrogens (tertiary/aromatic N) is 3. The van der Waals surface area contributed by atoms with Crippen molar-refractivity contribution in [1.82, 2.24) is 9.78 Å². The number of hydrogen-bond donors (Lipinski definition) is 2. The summed E-state index contributed by atoms with van der Waals surface area (Å²) in [5, 5.41) is 24.6. The van der Waals surface area contributed by atoms with Crippen LogP contribution in [0.5, 0.6) is 0 Å². The average Bonchev–Trinajstić information content (AvgIpc) is 2.82. The van der Waals surface area contributed by atoms with E-state index in [-0.39, 0.29) is 24.6 Å². The number of hydrogen-bond acceptors (Lipinski definition) is 4. The Morgan fingerprint density at radius 1 is 1.50 bits per heavy atom. The zero-order valence-corrected chi connectivity index (χ0v) is 11.0. The number of rotatable bonds is 4. The van der Waals surface area contributed by atoms with Gasteiger partial charge < -0.3 is 10.4 Å². The van der Waals surface area contributed by atoms with Gasteiger partial charge >= 0.3 is 0 Å². The van der Waals surface area contributed by atoms with Crippen LogP contribution < -0.4 is 5.32 Å². The second-order valence-electron chi connectivity index (χ2n) is 4.23. The third-order valence-corrected chi connectivity index (χ3v) is 2.89. The highest BCUT2D eigenvalue weighted by atomic mass is 16.3. The lowest BCUT2D eigenvalue weighted by atomic mass is 10.1. The van der Waals surface area contributed by atoms with Crippen molar-refractivity contribution in [3.8, 4) is 6.07 Å². The number of carbonyl (C=O) groups is 1. The van der Waals surface area contributed by atoms with Crippen LogP contribution in [0.15, 0.2) is 30.5 Å². The van der Waals surface area contributed by atoms with Crippen LogP contribution >= 0.6 is 0 Å². The van der Waals surface area contributed by atoms with Crippen molar-refractivity contribution in [3.05, 3.63) is 47.2 Å². The van der Waals surface area contributed by atoms with Gasteiger partial charge in [0.25, 0.3) is 5.91 Å². The number of aliphatic hydroxyl groups excluding tert-OH is 1. The van der Waals surface area contributed by atoms with Crippen LogP contribution in [0.2, 0.25) is 0 Å². The number of aliphatic hydroxyl groups is 1. The molecule has 0 unspecified atom stereocenters. The van der Waals surface area contributed by atoms with Gasteiger partial charge in [-0.1, -0.05) is 18.2 Å². The van der Waals surface area contributed by atoms with Gasteiger partial charge in [0.2, 0.25) is 0 Å². The van der Waals surface area contributed by atoms with Crippen molar-refractivity contribution < 1.29 is 9.90 Å². The molecular formula is C14H14N4O2. The Bertz CT molecular complexity index is 670. The van der Waals surface area contributed by atoms with Crippen molar-refractivity contribution >= 4 is 11.7 Å². The zero-order chi connectivity index (χ0) is 14.5. The highest BCUT2D eigenvalue weighted by molar-refractivity contribution is 6.05. The number of aryl methyl sites for hydroxylation is 1. The first-order chi connectivity index (χ1) is 9.67. The molecule has 1 aromatic heterocycles. The van der Waals surface area contributed by atoms with E-state index in [4.69, 9.17) is 10.4 Å². The molecule has 0 aliphatic carbocycles. The Kier molecular flexibility index (Phi) is 4.13. The maximum atomic E-state index is 12.2. The summed E-state index contributed by atoms with van der Waals surface area (Å²) in [4.78, 5) is 12.2. The highest BCUT2D eigenvalue weighted by Crippen LogP contribution is 2.16. The molecule has 0 saturated carbocycles. The van der Waals surface area contributed by atoms with Crippen LogP contribution in [0.4, 0.5) is 5.82 Å². The molecule has 0 aliphatic heterocycles. The van der Waals surface area contributed by atoms with Crippen molar-refractivity contribution in [2.45, 2.75) is 13.5 Å². The first-order valence-electron chi connectivity index (χ1n) is 6.11. The number of anilines is 1. The molecule has 0 spiro atoms. The summed E-state index contributed by atoms with van der Waals surface area (Å²) in [5.74, 6) is -0.00547. The Morgan fingerprint density at radius 3 is 2.90 bits per heavy atom. The molecule has 6 heteroatoms. The first-order valence-corrected chi connectivity index (χ1v) is 6.11. The summed E-state index contributed by atoms with van der Waals surface area (Å²) in [5.41, 5.74) is 1.64. The fourth-order valence-corrected chi connectivity index (χ4v) is 1.87. The monoisotopic (exact) mass is 270 g/mol. The smallest absolute Gasteiger partial charge is 0.257 e. The fourth-order valence-electron chi connectivity index (χ4n) is 1.87. The number of amides is 1. The molecule has 0 fully saturated rings. The molecule has 0 bridgehead atoms. The van der Waals surface area contributed by atoms with Crippen LogP contribution in [0.25, 0.3) is 0 Å². The van der Waals surface area contributed by atoms with Gasteiger partial charge in [-0.15, -0.1) is 0 Å². The van der Waals surface area contributed by atoms with Crippen molar-refractivity contribution in [3.63, 3.8) is 0 Å². The fraction of sp³-hybridized carbons (Fsp3) is 0.214. The van der Waals surface area contributed by atoms with Gasteiger partial charge in [0.1, 0.15) is 17.5 Å². The van der Waals surface area contributed by atoms with E-state index in [1.54, 1.807) is 12.1 Å². The molecule has 0 radical (unpaired) electrons. The molecule has 20 heavy (non-hydrogen) atoms. The Hall–Kier alpha value is -2.65. The van der Waals surface area contributed by atoms with E-state index >= 15 is 0 Å². The van der Waals surface area contributed by atoms with Gasteiger partial charge in [-0.25, -0.2) is 4.68 Å². The summed E-state index contributed by atoms with van der Waals surface area (Å²) >= 11 is 0. The lowest BCUT2D eigenvalue weighted by Gasteiger charge is -2.09. The molecule has 6 nitrogen and oxygen atoms in total. The van der Waals surface area contributed by atoms with Gasteiger partial charge in [0.05, 0.1) is 19.3 Å². The normalized spacial score (nSPS) is 10.1. The SMILES string of the molecule is Cc1ccccc1C(=O)Nc1c(C#N)cnn1CCO. The number of carbonyl (C=O) groups excluding carboxylic acids is 1. The van der Waals surface area contributed by atoms with Crippen molar-refractivity contribution in [2.24, 2.45) is 0 Å². The Morgan fingerprint density at radius 2 is 2.25 bits per heavy atom. The Labute approximate surface area is 116 Å². The van der Waals surface area contributed by atoms with Gasteiger partial charge in [-0.05, 0) is 18.6 Å². The number of aromatic nitrogens is 2. The lowest BCUT2D eigenvalue weighted by molar-refractivity contribution is 0.102. The van der Waals surface area contributed by atoms with E-state index in [2.05, 4.69) is 10.4 Å². The van der Waals surface area contributed by atoms with Gasteiger partial charge in [-0.2, -0.15) is 10.4 Å². The number of benzene rings is 1. The van der Waals surface area contributed by atoms with E-state index in [0.717, 1.165) is 5.56 Å². The van der Waals surface area contributed by atoms with Crippen molar-refractivity contribution in [2.75, 3.05) is 11.9 Å². The second kappa shape index (κ2) is 5.99.